The molecule has 0 unspecified atom stereocenters. The minimum Gasteiger partial charge on any atom is -0.272 e. The van der Waals surface area contributed by atoms with Crippen LogP contribution in [0.2, 0.25) is 0 Å². The number of benzene rings is 1. The van der Waals surface area contributed by atoms with Crippen molar-refractivity contribution in [3.05, 3.63) is 39.1 Å². The molecule has 1 N–H and O–H groups in total. The van der Waals surface area contributed by atoms with E-state index in [1.54, 1.807) is 16.7 Å². The molecule has 2 aromatic rings. The first kappa shape index (κ1) is 12.4. The van der Waals surface area contributed by atoms with Gasteiger partial charge < -0.3 is 0 Å². The molecular weight excluding hydrogens is 305 g/mol. The van der Waals surface area contributed by atoms with Gasteiger partial charge in [-0.15, -0.1) is 0 Å². The molecule has 3 nitrogen and oxygen atoms in total. The predicted molar refractivity (Wildman–Crippen MR) is 70.5 cm³/mol. The monoisotopic (exact) mass is 315 g/mol. The topological polar surface area (TPSA) is 33.6 Å². The minimum absolute atomic E-state index is 0.203. The highest BCUT2D eigenvalue weighted by atomic mass is 79.9. The normalized spacial score (nSPS) is 11.1. The van der Waals surface area contributed by atoms with E-state index in [1.165, 1.54) is 6.07 Å². The first-order valence-corrected chi connectivity index (χ1v) is 6.33. The Bertz CT molecular complexity index is 603. The van der Waals surface area contributed by atoms with Crippen LogP contribution in [-0.2, 0) is 0 Å². The molecular formula is C11H11BrFN3S. The standard InChI is InChI=1S/C11H11BrFN3S/c1-6(2)10-14-15-11(17)16(10)7-3-4-8(12)9(13)5-7/h3-6H,1-2H3,(H,15,17). The lowest BCUT2D eigenvalue weighted by atomic mass is 10.2. The van der Waals surface area contributed by atoms with Crippen LogP contribution in [0.4, 0.5) is 4.39 Å². The molecule has 0 fully saturated rings. The second-order valence-electron chi connectivity index (χ2n) is 3.98. The molecule has 17 heavy (non-hydrogen) atoms. The molecule has 1 aromatic heterocycles. The smallest absolute Gasteiger partial charge is 0.199 e. The molecule has 0 radical (unpaired) electrons. The summed E-state index contributed by atoms with van der Waals surface area (Å²) in [6.45, 7) is 4.02. The summed E-state index contributed by atoms with van der Waals surface area (Å²) in [5.74, 6) is 0.673. The first-order chi connectivity index (χ1) is 8.00. The molecule has 0 saturated carbocycles. The third-order valence-electron chi connectivity index (χ3n) is 2.38. The van der Waals surface area contributed by atoms with Crippen molar-refractivity contribution in [2.75, 3.05) is 0 Å². The summed E-state index contributed by atoms with van der Waals surface area (Å²) >= 11 is 8.29. The highest BCUT2D eigenvalue weighted by Gasteiger charge is 2.12. The summed E-state index contributed by atoms with van der Waals surface area (Å²) in [5.41, 5.74) is 0.674. The molecule has 0 aliphatic heterocycles. The Morgan fingerprint density at radius 2 is 2.18 bits per heavy atom. The highest BCUT2D eigenvalue weighted by molar-refractivity contribution is 9.10. The highest BCUT2D eigenvalue weighted by Crippen LogP contribution is 2.22. The third kappa shape index (κ3) is 2.32. The summed E-state index contributed by atoms with van der Waals surface area (Å²) in [6.07, 6.45) is 0. The lowest BCUT2D eigenvalue weighted by Gasteiger charge is -2.09. The molecule has 0 saturated heterocycles. The molecule has 0 spiro atoms. The number of aromatic amines is 1. The molecule has 0 bridgehead atoms. The summed E-state index contributed by atoms with van der Waals surface area (Å²) in [6, 6.07) is 4.88. The molecule has 0 aliphatic carbocycles. The van der Waals surface area contributed by atoms with Crippen LogP contribution >= 0.6 is 28.1 Å². The molecule has 2 rings (SSSR count). The van der Waals surface area contributed by atoms with E-state index < -0.39 is 0 Å². The summed E-state index contributed by atoms with van der Waals surface area (Å²) in [4.78, 5) is 0. The quantitative estimate of drug-likeness (QED) is 0.851. The number of hydrogen-bond acceptors (Lipinski definition) is 2. The zero-order valence-electron chi connectivity index (χ0n) is 9.37. The van der Waals surface area contributed by atoms with Gasteiger partial charge in [0.05, 0.1) is 10.2 Å². The molecule has 0 amide bonds. The number of H-pyrrole nitrogens is 1. The second-order valence-corrected chi connectivity index (χ2v) is 5.22. The largest absolute Gasteiger partial charge is 0.272 e. The summed E-state index contributed by atoms with van der Waals surface area (Å²) in [5, 5.41) is 6.89. The van der Waals surface area contributed by atoms with Crippen LogP contribution < -0.4 is 0 Å². The lowest BCUT2D eigenvalue weighted by molar-refractivity contribution is 0.618. The van der Waals surface area contributed by atoms with E-state index in [-0.39, 0.29) is 11.7 Å². The van der Waals surface area contributed by atoms with Crippen LogP contribution in [-0.4, -0.2) is 14.8 Å². The van der Waals surface area contributed by atoms with Gasteiger partial charge in [0.15, 0.2) is 4.77 Å². The van der Waals surface area contributed by atoms with Crippen molar-refractivity contribution in [1.82, 2.24) is 14.8 Å². The SMILES string of the molecule is CC(C)c1n[nH]c(=S)n1-c1ccc(Br)c(F)c1. The minimum atomic E-state index is -0.319. The number of nitrogens with zero attached hydrogens (tertiary/aromatic N) is 2. The number of halogens is 2. The predicted octanol–water partition coefficient (Wildman–Crippen LogP) is 3.95. The van der Waals surface area contributed by atoms with Crippen molar-refractivity contribution < 1.29 is 4.39 Å². The van der Waals surface area contributed by atoms with Crippen LogP contribution in [0.5, 0.6) is 0 Å². The molecule has 6 heteroatoms. The van der Waals surface area contributed by atoms with Crippen molar-refractivity contribution in [2.24, 2.45) is 0 Å². The molecule has 0 atom stereocenters. The molecule has 0 aliphatic rings. The van der Waals surface area contributed by atoms with Crippen LogP contribution in [0.1, 0.15) is 25.6 Å². The number of rotatable bonds is 2. The van der Waals surface area contributed by atoms with Gasteiger partial charge in [0.1, 0.15) is 11.6 Å². The van der Waals surface area contributed by atoms with E-state index in [0.29, 0.717) is 14.9 Å². The Kier molecular flexibility index (Phi) is 3.44. The van der Waals surface area contributed by atoms with Crippen molar-refractivity contribution in [1.29, 1.82) is 0 Å². The molecule has 90 valence electrons. The second kappa shape index (κ2) is 4.70. The van der Waals surface area contributed by atoms with E-state index in [4.69, 9.17) is 12.2 Å². The number of aromatic nitrogens is 3. The molecule has 1 heterocycles. The van der Waals surface area contributed by atoms with E-state index in [9.17, 15) is 4.39 Å². The zero-order valence-corrected chi connectivity index (χ0v) is 11.8. The number of hydrogen-bond donors (Lipinski definition) is 1. The van der Waals surface area contributed by atoms with Gasteiger partial charge in [-0.3, -0.25) is 9.67 Å². The fourth-order valence-electron chi connectivity index (χ4n) is 1.57. The van der Waals surface area contributed by atoms with Gasteiger partial charge in [-0.25, -0.2) is 4.39 Å². The van der Waals surface area contributed by atoms with Crippen molar-refractivity contribution in [2.45, 2.75) is 19.8 Å². The number of nitrogens with one attached hydrogen (secondary N) is 1. The average Bonchev–Trinajstić information content (AvgIpc) is 2.64. The fraction of sp³-hybridized carbons (Fsp3) is 0.273. The van der Waals surface area contributed by atoms with Crippen LogP contribution in [0.15, 0.2) is 22.7 Å². The van der Waals surface area contributed by atoms with E-state index in [2.05, 4.69) is 26.1 Å². The maximum Gasteiger partial charge on any atom is 0.199 e. The van der Waals surface area contributed by atoms with E-state index >= 15 is 0 Å². The van der Waals surface area contributed by atoms with Crippen molar-refractivity contribution in [3.63, 3.8) is 0 Å². The fourth-order valence-corrected chi connectivity index (χ4v) is 2.06. The Morgan fingerprint density at radius 1 is 1.47 bits per heavy atom. The van der Waals surface area contributed by atoms with Crippen molar-refractivity contribution in [3.8, 4) is 5.69 Å². The Morgan fingerprint density at radius 3 is 2.76 bits per heavy atom. The van der Waals surface area contributed by atoms with Gasteiger partial charge in [0, 0.05) is 5.92 Å². The van der Waals surface area contributed by atoms with Crippen molar-refractivity contribution >= 4 is 28.1 Å². The van der Waals surface area contributed by atoms with Gasteiger partial charge in [-0.1, -0.05) is 13.8 Å². The van der Waals surface area contributed by atoms with Gasteiger partial charge in [-0.2, -0.15) is 5.10 Å². The van der Waals surface area contributed by atoms with Gasteiger partial charge in [0.25, 0.3) is 0 Å². The van der Waals surface area contributed by atoms with Crippen LogP contribution in [0, 0.1) is 10.6 Å². The average molecular weight is 316 g/mol. The van der Waals surface area contributed by atoms with Crippen LogP contribution in [0.25, 0.3) is 5.69 Å². The Balaban J connectivity index is 2.63. The Hall–Kier alpha value is -1.01. The van der Waals surface area contributed by atoms with Gasteiger partial charge in [0.2, 0.25) is 0 Å². The third-order valence-corrected chi connectivity index (χ3v) is 3.29. The van der Waals surface area contributed by atoms with E-state index in [1.807, 2.05) is 13.8 Å². The van der Waals surface area contributed by atoms with E-state index in [0.717, 1.165) is 5.82 Å². The maximum absolute atomic E-state index is 13.5. The summed E-state index contributed by atoms with van der Waals surface area (Å²) < 4.78 is 16.2. The maximum atomic E-state index is 13.5. The zero-order chi connectivity index (χ0) is 12.6. The van der Waals surface area contributed by atoms with Gasteiger partial charge in [-0.05, 0) is 46.3 Å². The summed E-state index contributed by atoms with van der Waals surface area (Å²) in [7, 11) is 0. The first-order valence-electron chi connectivity index (χ1n) is 5.13. The lowest BCUT2D eigenvalue weighted by Crippen LogP contribution is -2.03. The Labute approximate surface area is 112 Å². The van der Waals surface area contributed by atoms with Crippen LogP contribution in [0.3, 0.4) is 0 Å². The molecule has 1 aromatic carbocycles. The van der Waals surface area contributed by atoms with Gasteiger partial charge >= 0.3 is 0 Å².